The zero-order valence-electron chi connectivity index (χ0n) is 7.12. The first-order valence-electron chi connectivity index (χ1n) is 3.91. The zero-order chi connectivity index (χ0) is 10.8. The summed E-state index contributed by atoms with van der Waals surface area (Å²) in [4.78, 5) is 0. The largest absolute Gasteiger partial charge is 0.416 e. The molecule has 0 unspecified atom stereocenters. The van der Waals surface area contributed by atoms with Crippen molar-refractivity contribution in [3.8, 4) is 0 Å². The second-order valence-corrected chi connectivity index (χ2v) is 2.82. The van der Waals surface area contributed by atoms with E-state index in [1.807, 2.05) is 0 Å². The minimum atomic E-state index is -4.37. The monoisotopic (exact) mass is 206 g/mol. The van der Waals surface area contributed by atoms with Crippen LogP contribution in [-0.4, -0.2) is 16.8 Å². The average Bonchev–Trinajstić information content (AvgIpc) is 2.15. The van der Waals surface area contributed by atoms with Gasteiger partial charge in [-0.25, -0.2) is 0 Å². The van der Waals surface area contributed by atoms with Crippen LogP contribution in [0.15, 0.2) is 24.3 Å². The van der Waals surface area contributed by atoms with Gasteiger partial charge in [0, 0.05) is 0 Å². The van der Waals surface area contributed by atoms with Gasteiger partial charge in [-0.1, -0.05) is 12.1 Å². The molecule has 1 aromatic rings. The molecule has 0 aromatic heterocycles. The van der Waals surface area contributed by atoms with Crippen LogP contribution in [0.2, 0.25) is 0 Å². The molecule has 1 atom stereocenters. The number of halogens is 3. The van der Waals surface area contributed by atoms with E-state index in [4.69, 9.17) is 10.2 Å². The molecule has 0 bridgehead atoms. The van der Waals surface area contributed by atoms with Crippen LogP contribution in [0.3, 0.4) is 0 Å². The normalized spacial score (nSPS) is 14.1. The molecule has 0 fully saturated rings. The number of rotatable bonds is 2. The maximum atomic E-state index is 12.1. The molecule has 0 amide bonds. The Balaban J connectivity index is 2.89. The van der Waals surface area contributed by atoms with Gasteiger partial charge in [0.1, 0.15) is 6.10 Å². The molecule has 0 heterocycles. The molecule has 0 aliphatic rings. The van der Waals surface area contributed by atoms with Gasteiger partial charge in [-0.3, -0.25) is 0 Å². The van der Waals surface area contributed by atoms with Crippen LogP contribution in [0.4, 0.5) is 13.2 Å². The Morgan fingerprint density at radius 2 is 1.64 bits per heavy atom. The molecule has 14 heavy (non-hydrogen) atoms. The summed E-state index contributed by atoms with van der Waals surface area (Å²) in [5.74, 6) is 0. The number of benzene rings is 1. The third-order valence-corrected chi connectivity index (χ3v) is 1.80. The summed E-state index contributed by atoms with van der Waals surface area (Å²) in [6.07, 6.45) is -5.50. The van der Waals surface area contributed by atoms with Crippen LogP contribution < -0.4 is 0 Å². The van der Waals surface area contributed by atoms with E-state index >= 15 is 0 Å². The van der Waals surface area contributed by atoms with Gasteiger partial charge in [0.2, 0.25) is 0 Å². The molecule has 0 saturated carbocycles. The minimum absolute atomic E-state index is 0.264. The molecule has 0 aliphatic heterocycles. The van der Waals surface area contributed by atoms with E-state index in [1.165, 1.54) is 0 Å². The standard InChI is InChI=1S/C9H9F3O2/c10-9(11,12)7-3-1-6(2-4-7)8(14)5-13/h1-4,8,13-14H,5H2/t8-/m0/s1. The summed E-state index contributed by atoms with van der Waals surface area (Å²) in [7, 11) is 0. The fourth-order valence-electron chi connectivity index (χ4n) is 1.000. The quantitative estimate of drug-likeness (QED) is 0.773. The Morgan fingerprint density at radius 1 is 1.14 bits per heavy atom. The van der Waals surface area contributed by atoms with Gasteiger partial charge in [0.05, 0.1) is 12.2 Å². The summed E-state index contributed by atoms with van der Waals surface area (Å²) < 4.78 is 36.3. The fraction of sp³-hybridized carbons (Fsp3) is 0.333. The fourth-order valence-corrected chi connectivity index (χ4v) is 1.000. The van der Waals surface area contributed by atoms with Crippen molar-refractivity contribution in [3.63, 3.8) is 0 Å². The van der Waals surface area contributed by atoms with Gasteiger partial charge < -0.3 is 10.2 Å². The summed E-state index contributed by atoms with van der Waals surface area (Å²) in [5, 5.41) is 17.6. The Hall–Kier alpha value is -1.07. The third kappa shape index (κ3) is 2.46. The molecular weight excluding hydrogens is 197 g/mol. The van der Waals surface area contributed by atoms with E-state index in [0.29, 0.717) is 0 Å². The van der Waals surface area contributed by atoms with Crippen LogP contribution in [0.25, 0.3) is 0 Å². The highest BCUT2D eigenvalue weighted by Gasteiger charge is 2.30. The lowest BCUT2D eigenvalue weighted by Crippen LogP contribution is -2.06. The van der Waals surface area contributed by atoms with E-state index in [2.05, 4.69) is 0 Å². The van der Waals surface area contributed by atoms with Gasteiger partial charge in [-0.05, 0) is 17.7 Å². The predicted octanol–water partition coefficient (Wildman–Crippen LogP) is 1.73. The second kappa shape index (κ2) is 3.98. The molecule has 0 radical (unpaired) electrons. The van der Waals surface area contributed by atoms with Gasteiger partial charge in [-0.2, -0.15) is 13.2 Å². The van der Waals surface area contributed by atoms with Gasteiger partial charge in [0.25, 0.3) is 0 Å². The highest BCUT2D eigenvalue weighted by atomic mass is 19.4. The summed E-state index contributed by atoms with van der Waals surface area (Å²) in [6.45, 7) is -0.509. The number of hydrogen-bond acceptors (Lipinski definition) is 2. The summed E-state index contributed by atoms with van der Waals surface area (Å²) in [6, 6.07) is 4.02. The molecule has 1 aromatic carbocycles. The van der Waals surface area contributed by atoms with Gasteiger partial charge in [-0.15, -0.1) is 0 Å². The van der Waals surface area contributed by atoms with E-state index in [9.17, 15) is 13.2 Å². The SMILES string of the molecule is OC[C@H](O)c1ccc(C(F)(F)F)cc1. The van der Waals surface area contributed by atoms with E-state index in [-0.39, 0.29) is 5.56 Å². The summed E-state index contributed by atoms with van der Waals surface area (Å²) in [5.41, 5.74) is -0.508. The maximum absolute atomic E-state index is 12.1. The number of hydrogen-bond donors (Lipinski definition) is 2. The van der Waals surface area contributed by atoms with Crippen molar-refractivity contribution in [1.29, 1.82) is 0 Å². The smallest absolute Gasteiger partial charge is 0.393 e. The van der Waals surface area contributed by atoms with E-state index in [0.717, 1.165) is 24.3 Å². The molecule has 2 nitrogen and oxygen atoms in total. The predicted molar refractivity (Wildman–Crippen MR) is 43.5 cm³/mol. The van der Waals surface area contributed by atoms with Crippen molar-refractivity contribution >= 4 is 0 Å². The first kappa shape index (κ1) is 11.0. The lowest BCUT2D eigenvalue weighted by molar-refractivity contribution is -0.137. The van der Waals surface area contributed by atoms with Crippen molar-refractivity contribution in [1.82, 2.24) is 0 Å². The van der Waals surface area contributed by atoms with Crippen molar-refractivity contribution in [2.45, 2.75) is 12.3 Å². The van der Waals surface area contributed by atoms with Crippen molar-refractivity contribution in [2.24, 2.45) is 0 Å². The molecule has 5 heteroatoms. The molecular formula is C9H9F3O2. The molecule has 0 aliphatic carbocycles. The Bertz CT molecular complexity index is 292. The average molecular weight is 206 g/mol. The van der Waals surface area contributed by atoms with E-state index in [1.54, 1.807) is 0 Å². The molecule has 0 spiro atoms. The maximum Gasteiger partial charge on any atom is 0.416 e. The van der Waals surface area contributed by atoms with Crippen molar-refractivity contribution < 1.29 is 23.4 Å². The molecule has 2 N–H and O–H groups in total. The van der Waals surface area contributed by atoms with Crippen LogP contribution >= 0.6 is 0 Å². The summed E-state index contributed by atoms with van der Waals surface area (Å²) >= 11 is 0. The van der Waals surface area contributed by atoms with Crippen LogP contribution in [-0.2, 0) is 6.18 Å². The molecule has 1 rings (SSSR count). The zero-order valence-corrected chi connectivity index (χ0v) is 7.12. The lowest BCUT2D eigenvalue weighted by atomic mass is 10.1. The third-order valence-electron chi connectivity index (χ3n) is 1.80. The minimum Gasteiger partial charge on any atom is -0.393 e. The van der Waals surface area contributed by atoms with Gasteiger partial charge in [0.15, 0.2) is 0 Å². The van der Waals surface area contributed by atoms with Crippen molar-refractivity contribution in [2.75, 3.05) is 6.61 Å². The first-order valence-corrected chi connectivity index (χ1v) is 3.91. The Morgan fingerprint density at radius 3 is 2.00 bits per heavy atom. The van der Waals surface area contributed by atoms with E-state index < -0.39 is 24.5 Å². The first-order chi connectivity index (χ1) is 6.45. The number of alkyl halides is 3. The highest BCUT2D eigenvalue weighted by Crippen LogP contribution is 2.29. The number of aliphatic hydroxyl groups is 2. The molecule has 78 valence electrons. The van der Waals surface area contributed by atoms with Crippen LogP contribution in [0, 0.1) is 0 Å². The van der Waals surface area contributed by atoms with Crippen LogP contribution in [0.1, 0.15) is 17.2 Å². The highest BCUT2D eigenvalue weighted by molar-refractivity contribution is 5.25. The Kier molecular flexibility index (Phi) is 3.13. The molecule has 0 saturated heterocycles. The van der Waals surface area contributed by atoms with Gasteiger partial charge >= 0.3 is 6.18 Å². The lowest BCUT2D eigenvalue weighted by Gasteiger charge is -2.10. The Labute approximate surface area is 78.6 Å². The second-order valence-electron chi connectivity index (χ2n) is 2.82. The van der Waals surface area contributed by atoms with Crippen LogP contribution in [0.5, 0.6) is 0 Å². The van der Waals surface area contributed by atoms with Crippen molar-refractivity contribution in [3.05, 3.63) is 35.4 Å². The topological polar surface area (TPSA) is 40.5 Å². The number of aliphatic hydroxyl groups excluding tert-OH is 2.